The number of anilines is 1. The number of nitrogens with one attached hydrogen (secondary N) is 1. The molecule has 0 aliphatic heterocycles. The highest BCUT2D eigenvalue weighted by Gasteiger charge is 2.29. The molecule has 13 heteroatoms. The molecule has 0 atom stereocenters. The molecule has 164 valence electrons. The van der Waals surface area contributed by atoms with Crippen molar-refractivity contribution in [3.05, 3.63) is 45.2 Å². The van der Waals surface area contributed by atoms with E-state index >= 15 is 0 Å². The lowest BCUT2D eigenvalue weighted by Gasteiger charge is -2.21. The first-order valence-corrected chi connectivity index (χ1v) is 10.7. The van der Waals surface area contributed by atoms with E-state index in [4.69, 9.17) is 20.9 Å². The lowest BCUT2D eigenvalue weighted by atomic mass is 10.3. The fourth-order valence-corrected chi connectivity index (χ4v) is 4.12. The van der Waals surface area contributed by atoms with Gasteiger partial charge in [-0.3, -0.25) is 14.9 Å². The van der Waals surface area contributed by atoms with Crippen LogP contribution >= 0.6 is 11.6 Å². The van der Waals surface area contributed by atoms with E-state index in [1.165, 1.54) is 6.07 Å². The predicted molar refractivity (Wildman–Crippen MR) is 108 cm³/mol. The van der Waals surface area contributed by atoms with Crippen molar-refractivity contribution in [1.82, 2.24) is 9.46 Å². The second kappa shape index (κ2) is 10.5. The van der Waals surface area contributed by atoms with Crippen molar-refractivity contribution in [1.29, 1.82) is 0 Å². The van der Waals surface area contributed by atoms with E-state index < -0.39 is 33.1 Å². The molecule has 0 saturated carbocycles. The Kier molecular flexibility index (Phi) is 8.29. The largest absolute Gasteiger partial charge is 0.382 e. The molecule has 2 aromatic rings. The van der Waals surface area contributed by atoms with Crippen LogP contribution in [0.15, 0.2) is 33.7 Å². The van der Waals surface area contributed by atoms with Gasteiger partial charge in [-0.1, -0.05) is 16.8 Å². The zero-order valence-corrected chi connectivity index (χ0v) is 17.9. The Bertz CT molecular complexity index is 1010. The minimum Gasteiger partial charge on any atom is -0.382 e. The average Bonchev–Trinajstić information content (AvgIpc) is 3.08. The predicted octanol–water partition coefficient (Wildman–Crippen LogP) is 2.60. The first-order chi connectivity index (χ1) is 14.1. The highest BCUT2D eigenvalue weighted by atomic mass is 35.5. The molecule has 2 rings (SSSR count). The summed E-state index contributed by atoms with van der Waals surface area (Å²) in [6.45, 7) is 3.62. The maximum atomic E-state index is 13.1. The van der Waals surface area contributed by atoms with Gasteiger partial charge in [-0.05, 0) is 32.4 Å². The number of ether oxygens (including phenoxy) is 1. The van der Waals surface area contributed by atoms with Crippen LogP contribution in [0.3, 0.4) is 0 Å². The molecule has 0 saturated heterocycles. The van der Waals surface area contributed by atoms with Crippen molar-refractivity contribution in [2.75, 3.05) is 31.6 Å². The first kappa shape index (κ1) is 23.7. The number of rotatable bonds is 11. The van der Waals surface area contributed by atoms with E-state index in [0.29, 0.717) is 18.8 Å². The van der Waals surface area contributed by atoms with Crippen molar-refractivity contribution < 1.29 is 27.4 Å². The zero-order chi connectivity index (χ0) is 22.3. The Morgan fingerprint density at radius 3 is 2.73 bits per heavy atom. The van der Waals surface area contributed by atoms with Gasteiger partial charge in [-0.25, -0.2) is 8.42 Å². The molecule has 0 unspecified atom stereocenters. The van der Waals surface area contributed by atoms with Gasteiger partial charge in [0.05, 0.1) is 16.4 Å². The van der Waals surface area contributed by atoms with Crippen LogP contribution in [0.4, 0.5) is 11.5 Å². The molecule has 0 fully saturated rings. The second-order valence-corrected chi connectivity index (χ2v) is 8.48. The van der Waals surface area contributed by atoms with Crippen LogP contribution in [0.2, 0.25) is 5.02 Å². The number of halogens is 1. The molecule has 0 aliphatic rings. The van der Waals surface area contributed by atoms with Crippen molar-refractivity contribution in [3.63, 3.8) is 0 Å². The quantitative estimate of drug-likeness (QED) is 0.306. The fraction of sp³-hybridized carbons (Fsp3) is 0.412. The monoisotopic (exact) mass is 460 g/mol. The van der Waals surface area contributed by atoms with Gasteiger partial charge in [0, 0.05) is 31.9 Å². The highest BCUT2D eigenvalue weighted by Crippen LogP contribution is 2.28. The first-order valence-electron chi connectivity index (χ1n) is 8.90. The third kappa shape index (κ3) is 6.23. The van der Waals surface area contributed by atoms with Crippen LogP contribution in [-0.4, -0.2) is 55.0 Å². The number of carbonyl (C=O) groups excluding carboxylic acids is 1. The maximum Gasteiger partial charge on any atom is 0.289 e. The third-order valence-electron chi connectivity index (χ3n) is 3.87. The van der Waals surface area contributed by atoms with Crippen LogP contribution in [0.1, 0.15) is 19.1 Å². The number of carbonyl (C=O) groups is 1. The number of nitro benzene ring substituents is 1. The number of nitrogens with zero attached hydrogens (tertiary/aromatic N) is 3. The van der Waals surface area contributed by atoms with Gasteiger partial charge in [-0.15, -0.1) is 0 Å². The Morgan fingerprint density at radius 2 is 2.13 bits per heavy atom. The number of hydrogen-bond donors (Lipinski definition) is 1. The van der Waals surface area contributed by atoms with E-state index in [1.807, 2.05) is 0 Å². The summed E-state index contributed by atoms with van der Waals surface area (Å²) < 4.78 is 37.2. The Labute approximate surface area is 178 Å². The maximum absolute atomic E-state index is 13.1. The van der Waals surface area contributed by atoms with Gasteiger partial charge in [0.15, 0.2) is 5.82 Å². The molecule has 1 heterocycles. The van der Waals surface area contributed by atoms with Crippen LogP contribution in [-0.2, 0) is 19.6 Å². The molecule has 11 nitrogen and oxygen atoms in total. The molecule has 0 aliphatic carbocycles. The van der Waals surface area contributed by atoms with Gasteiger partial charge in [-0.2, -0.15) is 4.31 Å². The summed E-state index contributed by atoms with van der Waals surface area (Å²) in [7, 11) is -4.23. The van der Waals surface area contributed by atoms with E-state index in [0.717, 1.165) is 22.5 Å². The van der Waals surface area contributed by atoms with E-state index in [2.05, 4.69) is 10.5 Å². The number of benzene rings is 1. The SMILES string of the molecule is CCOCCCN(CC(=O)Nc1cc(C)on1)S(=O)(=O)c1ccc(Cl)c([N+](=O)[O-])c1. The van der Waals surface area contributed by atoms with E-state index in [1.54, 1.807) is 13.8 Å². The van der Waals surface area contributed by atoms with Gasteiger partial charge in [0.25, 0.3) is 5.69 Å². The molecule has 1 aromatic carbocycles. The number of hydrogen-bond acceptors (Lipinski definition) is 8. The zero-order valence-electron chi connectivity index (χ0n) is 16.3. The summed E-state index contributed by atoms with van der Waals surface area (Å²) in [5, 5.41) is 17.0. The standard InChI is InChI=1S/C17H21ClN4O7S/c1-3-28-8-4-7-21(11-17(23)19-16-9-12(2)29-20-16)30(26,27)13-5-6-14(18)15(10-13)22(24)25/h5-6,9-10H,3-4,7-8,11H2,1-2H3,(H,19,20,23). The molecule has 30 heavy (non-hydrogen) atoms. The molecule has 0 radical (unpaired) electrons. The number of aromatic nitrogens is 1. The topological polar surface area (TPSA) is 145 Å². The van der Waals surface area contributed by atoms with E-state index in [9.17, 15) is 23.3 Å². The van der Waals surface area contributed by atoms with Crippen LogP contribution < -0.4 is 5.32 Å². The Morgan fingerprint density at radius 1 is 1.40 bits per heavy atom. The number of nitro groups is 1. The van der Waals surface area contributed by atoms with Crippen molar-refractivity contribution >= 4 is 39.0 Å². The van der Waals surface area contributed by atoms with Gasteiger partial charge < -0.3 is 14.6 Å². The smallest absolute Gasteiger partial charge is 0.289 e. The molecule has 0 bridgehead atoms. The van der Waals surface area contributed by atoms with Gasteiger partial charge in [0.2, 0.25) is 15.9 Å². The van der Waals surface area contributed by atoms with Crippen molar-refractivity contribution in [2.45, 2.75) is 25.2 Å². The normalized spacial score (nSPS) is 11.6. The van der Waals surface area contributed by atoms with Gasteiger partial charge in [0.1, 0.15) is 10.8 Å². The lowest BCUT2D eigenvalue weighted by Crippen LogP contribution is -2.39. The summed E-state index contributed by atoms with van der Waals surface area (Å²) in [5.74, 6) is -0.0296. The Balaban J connectivity index is 2.26. The molecule has 1 amide bonds. The molecular weight excluding hydrogens is 440 g/mol. The molecule has 1 aromatic heterocycles. The number of aryl methyl sites for hydroxylation is 1. The Hall–Kier alpha value is -2.54. The minimum absolute atomic E-state index is 0.0377. The summed E-state index contributed by atoms with van der Waals surface area (Å²) in [4.78, 5) is 22.4. The molecular formula is C17H21ClN4O7S. The number of amides is 1. The second-order valence-electron chi connectivity index (χ2n) is 6.13. The minimum atomic E-state index is -4.23. The lowest BCUT2D eigenvalue weighted by molar-refractivity contribution is -0.384. The summed E-state index contributed by atoms with van der Waals surface area (Å²) >= 11 is 5.77. The molecule has 0 spiro atoms. The van der Waals surface area contributed by atoms with Gasteiger partial charge >= 0.3 is 0 Å². The third-order valence-corrected chi connectivity index (χ3v) is 6.03. The van der Waals surface area contributed by atoms with E-state index in [-0.39, 0.29) is 28.9 Å². The fourth-order valence-electron chi connectivity index (χ4n) is 2.48. The van der Waals surface area contributed by atoms with Crippen LogP contribution in [0.25, 0.3) is 0 Å². The summed E-state index contributed by atoms with van der Waals surface area (Å²) in [5.41, 5.74) is -0.547. The summed E-state index contributed by atoms with van der Waals surface area (Å²) in [6.07, 6.45) is 0.319. The number of sulfonamides is 1. The van der Waals surface area contributed by atoms with Crippen LogP contribution in [0, 0.1) is 17.0 Å². The van der Waals surface area contributed by atoms with Crippen molar-refractivity contribution in [2.24, 2.45) is 0 Å². The summed E-state index contributed by atoms with van der Waals surface area (Å²) in [6, 6.07) is 4.63. The highest BCUT2D eigenvalue weighted by molar-refractivity contribution is 7.89. The molecule has 1 N–H and O–H groups in total. The van der Waals surface area contributed by atoms with Crippen molar-refractivity contribution in [3.8, 4) is 0 Å². The van der Waals surface area contributed by atoms with Crippen LogP contribution in [0.5, 0.6) is 0 Å². The average molecular weight is 461 g/mol.